The van der Waals surface area contributed by atoms with Crippen LogP contribution in [0.15, 0.2) is 43.0 Å². The summed E-state index contributed by atoms with van der Waals surface area (Å²) in [5.74, 6) is 0.488. The lowest BCUT2D eigenvalue weighted by Crippen LogP contribution is -2.32. The Bertz CT molecular complexity index is 501. The largest absolute Gasteiger partial charge is 0.347 e. The topological polar surface area (TPSA) is 59.8 Å². The third-order valence-electron chi connectivity index (χ3n) is 2.65. The highest BCUT2D eigenvalue weighted by molar-refractivity contribution is 7.99. The molecule has 2 rings (SSSR count). The van der Waals surface area contributed by atoms with Gasteiger partial charge in [-0.1, -0.05) is 30.3 Å². The van der Waals surface area contributed by atoms with Crippen LogP contribution in [0.1, 0.15) is 11.6 Å². The van der Waals surface area contributed by atoms with Crippen molar-refractivity contribution in [1.29, 1.82) is 0 Å². The summed E-state index contributed by atoms with van der Waals surface area (Å²) in [6.07, 6.45) is 5.05. The van der Waals surface area contributed by atoms with Gasteiger partial charge in [-0.05, 0) is 11.8 Å². The summed E-state index contributed by atoms with van der Waals surface area (Å²) in [5.41, 5.74) is 1.06. The fourth-order valence-corrected chi connectivity index (χ4v) is 2.15. The smallest absolute Gasteiger partial charge is 0.230 e. The van der Waals surface area contributed by atoms with Gasteiger partial charge in [0.25, 0.3) is 0 Å². The SMILES string of the molecule is CSCC(=O)N[C@H](Cn1cncn1)c1ccccc1. The Morgan fingerprint density at radius 3 is 2.84 bits per heavy atom. The Hall–Kier alpha value is -1.82. The second kappa shape index (κ2) is 6.94. The minimum atomic E-state index is -0.0949. The molecule has 1 amide bonds. The van der Waals surface area contributed by atoms with E-state index in [-0.39, 0.29) is 11.9 Å². The first-order chi connectivity index (χ1) is 9.29. The van der Waals surface area contributed by atoms with Gasteiger partial charge in [0, 0.05) is 0 Å². The Kier molecular flexibility index (Phi) is 4.97. The number of rotatable bonds is 6. The Balaban J connectivity index is 2.11. The average Bonchev–Trinajstić information content (AvgIpc) is 2.92. The van der Waals surface area contributed by atoms with Crippen molar-refractivity contribution in [2.45, 2.75) is 12.6 Å². The molecule has 0 unspecified atom stereocenters. The van der Waals surface area contributed by atoms with Crippen LogP contribution in [0.3, 0.4) is 0 Å². The molecule has 100 valence electrons. The Morgan fingerprint density at radius 1 is 1.42 bits per heavy atom. The maximum atomic E-state index is 11.8. The van der Waals surface area contributed by atoms with E-state index in [1.807, 2.05) is 36.6 Å². The van der Waals surface area contributed by atoms with E-state index in [9.17, 15) is 4.79 Å². The first kappa shape index (κ1) is 13.6. The van der Waals surface area contributed by atoms with Gasteiger partial charge >= 0.3 is 0 Å². The molecule has 0 aliphatic rings. The quantitative estimate of drug-likeness (QED) is 0.868. The highest BCUT2D eigenvalue weighted by Crippen LogP contribution is 2.14. The van der Waals surface area contributed by atoms with Crippen LogP contribution in [0.5, 0.6) is 0 Å². The molecule has 0 bridgehead atoms. The third-order valence-corrected chi connectivity index (χ3v) is 3.20. The summed E-state index contributed by atoms with van der Waals surface area (Å²) in [6.45, 7) is 0.574. The van der Waals surface area contributed by atoms with Gasteiger partial charge in [-0.3, -0.25) is 9.48 Å². The maximum Gasteiger partial charge on any atom is 0.230 e. The number of amides is 1. The van der Waals surface area contributed by atoms with Crippen molar-refractivity contribution < 1.29 is 4.79 Å². The minimum Gasteiger partial charge on any atom is -0.347 e. The van der Waals surface area contributed by atoms with Crippen LogP contribution in [0, 0.1) is 0 Å². The molecule has 5 nitrogen and oxygen atoms in total. The van der Waals surface area contributed by atoms with Crippen LogP contribution in [0.4, 0.5) is 0 Å². The third kappa shape index (κ3) is 4.10. The van der Waals surface area contributed by atoms with Crippen LogP contribution in [0.25, 0.3) is 0 Å². The standard InChI is InChI=1S/C13H16N4OS/c1-19-8-13(18)16-12(7-17-10-14-9-15-17)11-5-3-2-4-6-11/h2-6,9-10,12H,7-8H2,1H3,(H,16,18)/t12-/m1/s1. The van der Waals surface area contributed by atoms with Crippen LogP contribution in [-0.2, 0) is 11.3 Å². The molecule has 1 N–H and O–H groups in total. The van der Waals surface area contributed by atoms with Gasteiger partial charge in [0.1, 0.15) is 12.7 Å². The van der Waals surface area contributed by atoms with Crippen molar-refractivity contribution in [3.63, 3.8) is 0 Å². The number of hydrogen-bond acceptors (Lipinski definition) is 4. The van der Waals surface area contributed by atoms with Gasteiger partial charge in [-0.2, -0.15) is 16.9 Å². The molecular formula is C13H16N4OS. The summed E-state index contributed by atoms with van der Waals surface area (Å²) in [6, 6.07) is 9.79. The number of thioether (sulfide) groups is 1. The van der Waals surface area contributed by atoms with Crippen LogP contribution in [0.2, 0.25) is 0 Å². The predicted octanol–water partition coefficient (Wildman–Crippen LogP) is 1.50. The van der Waals surface area contributed by atoms with E-state index >= 15 is 0 Å². The number of carbonyl (C=O) groups excluding carboxylic acids is 1. The highest BCUT2D eigenvalue weighted by Gasteiger charge is 2.15. The van der Waals surface area contributed by atoms with Crippen molar-refractivity contribution >= 4 is 17.7 Å². The van der Waals surface area contributed by atoms with Crippen molar-refractivity contribution in [2.24, 2.45) is 0 Å². The van der Waals surface area contributed by atoms with E-state index in [2.05, 4.69) is 15.4 Å². The normalized spacial score (nSPS) is 12.1. The zero-order valence-corrected chi connectivity index (χ0v) is 11.5. The van der Waals surface area contributed by atoms with E-state index < -0.39 is 0 Å². The fraction of sp³-hybridized carbons (Fsp3) is 0.308. The fourth-order valence-electron chi connectivity index (χ4n) is 1.80. The van der Waals surface area contributed by atoms with Crippen molar-refractivity contribution in [3.05, 3.63) is 48.5 Å². The molecule has 0 saturated carbocycles. The summed E-state index contributed by atoms with van der Waals surface area (Å²) in [7, 11) is 0. The number of hydrogen-bond donors (Lipinski definition) is 1. The van der Waals surface area contributed by atoms with Crippen molar-refractivity contribution in [2.75, 3.05) is 12.0 Å². The Labute approximate surface area is 116 Å². The number of nitrogens with zero attached hydrogens (tertiary/aromatic N) is 3. The number of benzene rings is 1. The molecular weight excluding hydrogens is 260 g/mol. The second-order valence-corrected chi connectivity index (χ2v) is 4.95. The molecule has 1 heterocycles. The first-order valence-corrected chi connectivity index (χ1v) is 7.34. The highest BCUT2D eigenvalue weighted by atomic mass is 32.2. The number of nitrogens with one attached hydrogen (secondary N) is 1. The number of aromatic nitrogens is 3. The molecule has 0 radical (unpaired) electrons. The predicted molar refractivity (Wildman–Crippen MR) is 75.7 cm³/mol. The van der Waals surface area contributed by atoms with Gasteiger partial charge in [-0.15, -0.1) is 0 Å². The minimum absolute atomic E-state index is 0.0291. The monoisotopic (exact) mass is 276 g/mol. The van der Waals surface area contributed by atoms with Gasteiger partial charge in [0.15, 0.2) is 0 Å². The van der Waals surface area contributed by atoms with Crippen LogP contribution in [-0.4, -0.2) is 32.7 Å². The molecule has 0 saturated heterocycles. The molecule has 0 fully saturated rings. The van der Waals surface area contributed by atoms with Crippen LogP contribution >= 0.6 is 11.8 Å². The van der Waals surface area contributed by atoms with E-state index in [1.165, 1.54) is 18.1 Å². The lowest BCUT2D eigenvalue weighted by atomic mass is 10.1. The first-order valence-electron chi connectivity index (χ1n) is 5.95. The van der Waals surface area contributed by atoms with Gasteiger partial charge in [0.2, 0.25) is 5.91 Å². The lowest BCUT2D eigenvalue weighted by molar-refractivity contribution is -0.119. The summed E-state index contributed by atoms with van der Waals surface area (Å²) in [5, 5.41) is 7.11. The summed E-state index contributed by atoms with van der Waals surface area (Å²) < 4.78 is 1.72. The van der Waals surface area contributed by atoms with E-state index in [4.69, 9.17) is 0 Å². The molecule has 19 heavy (non-hydrogen) atoms. The summed E-state index contributed by atoms with van der Waals surface area (Å²) in [4.78, 5) is 15.7. The molecule has 1 atom stereocenters. The molecule has 0 aliphatic heterocycles. The molecule has 2 aromatic rings. The second-order valence-electron chi connectivity index (χ2n) is 4.08. The van der Waals surface area contributed by atoms with Gasteiger partial charge in [0.05, 0.1) is 18.3 Å². The molecule has 1 aromatic heterocycles. The molecule has 0 spiro atoms. The van der Waals surface area contributed by atoms with E-state index in [1.54, 1.807) is 11.0 Å². The van der Waals surface area contributed by atoms with Gasteiger partial charge < -0.3 is 5.32 Å². The van der Waals surface area contributed by atoms with Crippen molar-refractivity contribution in [1.82, 2.24) is 20.1 Å². The lowest BCUT2D eigenvalue weighted by Gasteiger charge is -2.18. The maximum absolute atomic E-state index is 11.8. The van der Waals surface area contributed by atoms with E-state index in [0.29, 0.717) is 12.3 Å². The van der Waals surface area contributed by atoms with E-state index in [0.717, 1.165) is 5.56 Å². The number of carbonyl (C=O) groups is 1. The zero-order chi connectivity index (χ0) is 13.5. The molecule has 1 aromatic carbocycles. The van der Waals surface area contributed by atoms with Crippen molar-refractivity contribution in [3.8, 4) is 0 Å². The summed E-state index contributed by atoms with van der Waals surface area (Å²) >= 11 is 1.51. The molecule has 6 heteroatoms. The zero-order valence-electron chi connectivity index (χ0n) is 10.7. The van der Waals surface area contributed by atoms with Gasteiger partial charge in [-0.25, -0.2) is 4.98 Å². The Morgan fingerprint density at radius 2 is 2.21 bits per heavy atom. The average molecular weight is 276 g/mol. The van der Waals surface area contributed by atoms with Crippen LogP contribution < -0.4 is 5.32 Å². The molecule has 0 aliphatic carbocycles.